The summed E-state index contributed by atoms with van der Waals surface area (Å²) in [7, 11) is 1.59. The third-order valence-electron chi connectivity index (χ3n) is 6.27. The van der Waals surface area contributed by atoms with Crippen molar-refractivity contribution in [3.63, 3.8) is 0 Å². The van der Waals surface area contributed by atoms with E-state index < -0.39 is 23.8 Å². The Morgan fingerprint density at radius 3 is 2.28 bits per heavy atom. The Balaban J connectivity index is 1.39. The number of benzene rings is 3. The molecule has 1 spiro atoms. The molecule has 0 aliphatic carbocycles. The van der Waals surface area contributed by atoms with Crippen LogP contribution >= 0.6 is 15.9 Å². The lowest BCUT2D eigenvalue weighted by molar-refractivity contribution is -0.256. The van der Waals surface area contributed by atoms with E-state index in [1.807, 2.05) is 65.6 Å². The standard InChI is InChI=1S/C27H23BrN2O6/c1-34-23-12-11-22(28)15-21(23)16-29-13-14-30(27(17-29)35-25(32)26(33)36-27)24(31)20-9-7-19(8-10-20)18-5-3-2-4-6-18/h2-12,15H,13-14,16-17H2,1H3. The molecule has 9 heteroatoms. The number of ether oxygens (including phenoxy) is 3. The Morgan fingerprint density at radius 1 is 0.944 bits per heavy atom. The average Bonchev–Trinajstić information content (AvgIpc) is 3.17. The number of carbonyl (C=O) groups is 3. The Hall–Kier alpha value is -3.69. The molecule has 184 valence electrons. The zero-order chi connectivity index (χ0) is 25.3. The van der Waals surface area contributed by atoms with E-state index in [-0.39, 0.29) is 13.1 Å². The Morgan fingerprint density at radius 2 is 1.61 bits per heavy atom. The van der Waals surface area contributed by atoms with E-state index >= 15 is 0 Å². The van der Waals surface area contributed by atoms with Crippen molar-refractivity contribution in [3.8, 4) is 16.9 Å². The topological polar surface area (TPSA) is 85.4 Å². The van der Waals surface area contributed by atoms with Gasteiger partial charge in [-0.05, 0) is 41.5 Å². The fourth-order valence-corrected chi connectivity index (χ4v) is 4.93. The third kappa shape index (κ3) is 4.59. The highest BCUT2D eigenvalue weighted by Gasteiger charge is 2.57. The van der Waals surface area contributed by atoms with Gasteiger partial charge in [-0.15, -0.1) is 0 Å². The normalized spacial score (nSPS) is 17.1. The van der Waals surface area contributed by atoms with Gasteiger partial charge >= 0.3 is 17.8 Å². The fourth-order valence-electron chi connectivity index (χ4n) is 4.52. The minimum Gasteiger partial charge on any atom is -0.496 e. The molecule has 2 fully saturated rings. The molecule has 0 atom stereocenters. The van der Waals surface area contributed by atoms with Crippen molar-refractivity contribution in [1.82, 2.24) is 9.80 Å². The van der Waals surface area contributed by atoms with Gasteiger partial charge in [-0.1, -0.05) is 58.4 Å². The van der Waals surface area contributed by atoms with Gasteiger partial charge in [0, 0.05) is 35.2 Å². The van der Waals surface area contributed by atoms with Crippen LogP contribution in [-0.4, -0.2) is 60.3 Å². The van der Waals surface area contributed by atoms with E-state index in [0.717, 1.165) is 21.2 Å². The molecule has 2 heterocycles. The summed E-state index contributed by atoms with van der Waals surface area (Å²) in [6.07, 6.45) is 0. The summed E-state index contributed by atoms with van der Waals surface area (Å²) >= 11 is 3.47. The van der Waals surface area contributed by atoms with Gasteiger partial charge in [0.25, 0.3) is 5.91 Å². The van der Waals surface area contributed by atoms with Gasteiger partial charge in [0.2, 0.25) is 0 Å². The Bertz CT molecular complexity index is 1300. The van der Waals surface area contributed by atoms with Crippen LogP contribution in [0.15, 0.2) is 77.3 Å². The van der Waals surface area contributed by atoms with Crippen molar-refractivity contribution in [3.05, 3.63) is 88.4 Å². The number of methoxy groups -OCH3 is 1. The van der Waals surface area contributed by atoms with Crippen LogP contribution in [-0.2, 0) is 25.6 Å². The van der Waals surface area contributed by atoms with Crippen molar-refractivity contribution < 1.29 is 28.6 Å². The SMILES string of the molecule is COc1ccc(Br)cc1CN1CCN(C(=O)c2ccc(-c3ccccc3)cc2)C2(C1)OC(=O)C(=O)O2. The number of hydrogen-bond acceptors (Lipinski definition) is 7. The number of nitrogens with zero attached hydrogens (tertiary/aromatic N) is 2. The highest BCUT2D eigenvalue weighted by Crippen LogP contribution is 2.34. The van der Waals surface area contributed by atoms with Gasteiger partial charge in [0.05, 0.1) is 13.7 Å². The third-order valence-corrected chi connectivity index (χ3v) is 6.76. The predicted octanol–water partition coefficient (Wildman–Crippen LogP) is 3.84. The van der Waals surface area contributed by atoms with Gasteiger partial charge in [-0.2, -0.15) is 0 Å². The van der Waals surface area contributed by atoms with E-state index in [9.17, 15) is 14.4 Å². The van der Waals surface area contributed by atoms with E-state index in [1.165, 1.54) is 4.90 Å². The summed E-state index contributed by atoms with van der Waals surface area (Å²) in [5.41, 5.74) is 3.29. The maximum absolute atomic E-state index is 13.5. The van der Waals surface area contributed by atoms with Crippen molar-refractivity contribution >= 4 is 33.8 Å². The van der Waals surface area contributed by atoms with Crippen LogP contribution in [0.5, 0.6) is 5.75 Å². The van der Waals surface area contributed by atoms with Crippen LogP contribution in [0.4, 0.5) is 0 Å². The highest BCUT2D eigenvalue weighted by molar-refractivity contribution is 9.10. The van der Waals surface area contributed by atoms with Crippen LogP contribution in [0.25, 0.3) is 11.1 Å². The number of hydrogen-bond donors (Lipinski definition) is 0. The van der Waals surface area contributed by atoms with E-state index in [0.29, 0.717) is 24.4 Å². The molecule has 0 unspecified atom stereocenters. The quantitative estimate of drug-likeness (QED) is 0.352. The molecule has 0 bridgehead atoms. The minimum absolute atomic E-state index is 0.00792. The van der Waals surface area contributed by atoms with Crippen molar-refractivity contribution in [2.45, 2.75) is 12.5 Å². The van der Waals surface area contributed by atoms with Gasteiger partial charge in [-0.3, -0.25) is 14.6 Å². The molecule has 1 amide bonds. The molecular weight excluding hydrogens is 528 g/mol. The lowest BCUT2D eigenvalue weighted by Gasteiger charge is -2.44. The molecule has 2 saturated heterocycles. The summed E-state index contributed by atoms with van der Waals surface area (Å²) in [6, 6.07) is 22.6. The smallest absolute Gasteiger partial charge is 0.422 e. The van der Waals surface area contributed by atoms with Crippen LogP contribution in [0, 0.1) is 0 Å². The lowest BCUT2D eigenvalue weighted by atomic mass is 10.0. The van der Waals surface area contributed by atoms with Crippen LogP contribution in [0.2, 0.25) is 0 Å². The van der Waals surface area contributed by atoms with E-state index in [2.05, 4.69) is 15.9 Å². The number of amides is 1. The number of carbonyl (C=O) groups excluding carboxylic acids is 3. The second-order valence-corrected chi connectivity index (χ2v) is 9.47. The summed E-state index contributed by atoms with van der Waals surface area (Å²) in [5.74, 6) is -3.76. The van der Waals surface area contributed by atoms with Crippen LogP contribution < -0.4 is 4.74 Å². The van der Waals surface area contributed by atoms with Gasteiger partial charge in [-0.25, -0.2) is 9.59 Å². The lowest BCUT2D eigenvalue weighted by Crippen LogP contribution is -2.64. The second-order valence-electron chi connectivity index (χ2n) is 8.56. The van der Waals surface area contributed by atoms with Crippen molar-refractivity contribution in [2.75, 3.05) is 26.7 Å². The zero-order valence-electron chi connectivity index (χ0n) is 19.5. The molecular formula is C27H23BrN2O6. The largest absolute Gasteiger partial charge is 0.496 e. The number of esters is 2. The highest BCUT2D eigenvalue weighted by atomic mass is 79.9. The van der Waals surface area contributed by atoms with Crippen molar-refractivity contribution in [2.24, 2.45) is 0 Å². The first-order chi connectivity index (χ1) is 17.4. The van der Waals surface area contributed by atoms with E-state index in [1.54, 1.807) is 19.2 Å². The first kappa shape index (κ1) is 24.0. The Kier molecular flexibility index (Phi) is 6.51. The molecule has 0 radical (unpaired) electrons. The minimum atomic E-state index is -1.83. The number of halogens is 1. The first-order valence-electron chi connectivity index (χ1n) is 11.4. The predicted molar refractivity (Wildman–Crippen MR) is 134 cm³/mol. The fraction of sp³-hybridized carbons (Fsp3) is 0.222. The molecule has 36 heavy (non-hydrogen) atoms. The maximum atomic E-state index is 13.5. The molecule has 2 aliphatic rings. The summed E-state index contributed by atoms with van der Waals surface area (Å²) < 4.78 is 17.2. The van der Waals surface area contributed by atoms with Crippen molar-refractivity contribution in [1.29, 1.82) is 0 Å². The molecule has 3 aromatic carbocycles. The molecule has 8 nitrogen and oxygen atoms in total. The van der Waals surface area contributed by atoms with E-state index in [4.69, 9.17) is 14.2 Å². The second kappa shape index (κ2) is 9.75. The van der Waals surface area contributed by atoms with Crippen LogP contribution in [0.1, 0.15) is 15.9 Å². The first-order valence-corrected chi connectivity index (χ1v) is 12.2. The molecule has 3 aromatic rings. The molecule has 5 rings (SSSR count). The summed E-state index contributed by atoms with van der Waals surface area (Å²) in [6.45, 7) is 1.11. The van der Waals surface area contributed by atoms with Crippen LogP contribution in [0.3, 0.4) is 0 Å². The molecule has 0 aromatic heterocycles. The molecule has 0 N–H and O–H groups in total. The molecule has 0 saturated carbocycles. The van der Waals surface area contributed by atoms with Gasteiger partial charge in [0.15, 0.2) is 0 Å². The monoisotopic (exact) mass is 550 g/mol. The number of piperazine rings is 1. The summed E-state index contributed by atoms with van der Waals surface area (Å²) in [5, 5.41) is 0. The maximum Gasteiger partial charge on any atom is 0.422 e. The number of rotatable bonds is 5. The van der Waals surface area contributed by atoms with Gasteiger partial charge in [0.1, 0.15) is 5.75 Å². The average molecular weight is 551 g/mol. The Labute approximate surface area is 216 Å². The summed E-state index contributed by atoms with van der Waals surface area (Å²) in [4.78, 5) is 41.0. The van der Waals surface area contributed by atoms with Gasteiger partial charge < -0.3 is 14.2 Å². The molecule has 2 aliphatic heterocycles. The zero-order valence-corrected chi connectivity index (χ0v) is 21.1.